The molecular weight excluding hydrogens is 248 g/mol. The van der Waals surface area contributed by atoms with E-state index in [1.165, 1.54) is 18.3 Å². The zero-order chi connectivity index (χ0) is 13.8. The molecule has 1 aliphatic rings. The van der Waals surface area contributed by atoms with E-state index in [2.05, 4.69) is 4.98 Å². The zero-order valence-electron chi connectivity index (χ0n) is 10.7. The maximum absolute atomic E-state index is 12.1. The maximum atomic E-state index is 12.1. The number of carboxylic acid groups (broad SMARTS) is 1. The van der Waals surface area contributed by atoms with Crippen molar-refractivity contribution in [3.05, 3.63) is 29.6 Å². The van der Waals surface area contributed by atoms with Crippen molar-refractivity contribution in [2.75, 3.05) is 20.2 Å². The number of aromatic carboxylic acids is 1. The van der Waals surface area contributed by atoms with Gasteiger partial charge in [0.05, 0.1) is 11.7 Å². The molecule has 2 heterocycles. The molecule has 1 unspecified atom stereocenters. The number of amides is 1. The minimum Gasteiger partial charge on any atom is -0.478 e. The van der Waals surface area contributed by atoms with Crippen LogP contribution in [-0.4, -0.2) is 53.2 Å². The fourth-order valence-electron chi connectivity index (χ4n) is 2.02. The standard InChI is InChI=1S/C13H16N2O4/c1-15(8-10-3-2-6-19-10)12(16)11-5-4-9(7-14-11)13(17)18/h4-5,7,10H,2-3,6,8H2,1H3,(H,17,18). The molecule has 1 N–H and O–H groups in total. The Morgan fingerprint density at radius 1 is 1.53 bits per heavy atom. The number of ether oxygens (including phenoxy) is 1. The van der Waals surface area contributed by atoms with Crippen LogP contribution in [0.5, 0.6) is 0 Å². The molecule has 1 saturated heterocycles. The maximum Gasteiger partial charge on any atom is 0.337 e. The minimum atomic E-state index is -1.06. The molecule has 19 heavy (non-hydrogen) atoms. The summed E-state index contributed by atoms with van der Waals surface area (Å²) >= 11 is 0. The van der Waals surface area contributed by atoms with E-state index in [1.54, 1.807) is 11.9 Å². The molecule has 6 heteroatoms. The molecule has 1 fully saturated rings. The second-order valence-electron chi connectivity index (χ2n) is 4.56. The van der Waals surface area contributed by atoms with Crippen LogP contribution in [-0.2, 0) is 4.74 Å². The van der Waals surface area contributed by atoms with Crippen molar-refractivity contribution in [3.63, 3.8) is 0 Å². The summed E-state index contributed by atoms with van der Waals surface area (Å²) in [4.78, 5) is 28.2. The number of pyridine rings is 1. The summed E-state index contributed by atoms with van der Waals surface area (Å²) < 4.78 is 5.47. The zero-order valence-corrected chi connectivity index (χ0v) is 10.7. The molecule has 0 saturated carbocycles. The Balaban J connectivity index is 1.99. The van der Waals surface area contributed by atoms with Gasteiger partial charge in [0, 0.05) is 26.4 Å². The number of nitrogens with zero attached hydrogens (tertiary/aromatic N) is 2. The van der Waals surface area contributed by atoms with Gasteiger partial charge in [-0.3, -0.25) is 9.78 Å². The Labute approximate surface area is 111 Å². The van der Waals surface area contributed by atoms with Crippen LogP contribution in [0.4, 0.5) is 0 Å². The highest BCUT2D eigenvalue weighted by Gasteiger charge is 2.21. The number of carboxylic acids is 1. The van der Waals surface area contributed by atoms with E-state index in [9.17, 15) is 9.59 Å². The summed E-state index contributed by atoms with van der Waals surface area (Å²) in [6.45, 7) is 1.28. The highest BCUT2D eigenvalue weighted by molar-refractivity contribution is 5.93. The molecule has 1 amide bonds. The van der Waals surface area contributed by atoms with Crippen LogP contribution >= 0.6 is 0 Å². The molecule has 2 rings (SSSR count). The fourth-order valence-corrected chi connectivity index (χ4v) is 2.02. The van der Waals surface area contributed by atoms with E-state index in [0.717, 1.165) is 19.4 Å². The van der Waals surface area contributed by atoms with Crippen molar-refractivity contribution in [3.8, 4) is 0 Å². The lowest BCUT2D eigenvalue weighted by atomic mass is 10.2. The van der Waals surface area contributed by atoms with Gasteiger partial charge in [0.25, 0.3) is 5.91 Å². The van der Waals surface area contributed by atoms with E-state index in [1.807, 2.05) is 0 Å². The Hall–Kier alpha value is -1.95. The molecule has 0 aliphatic carbocycles. The van der Waals surface area contributed by atoms with Crippen LogP contribution in [0.15, 0.2) is 18.3 Å². The second-order valence-corrected chi connectivity index (χ2v) is 4.56. The van der Waals surface area contributed by atoms with Crippen LogP contribution in [0.25, 0.3) is 0 Å². The highest BCUT2D eigenvalue weighted by Crippen LogP contribution is 2.13. The summed E-state index contributed by atoms with van der Waals surface area (Å²) in [5, 5.41) is 8.76. The van der Waals surface area contributed by atoms with E-state index in [-0.39, 0.29) is 23.3 Å². The predicted molar refractivity (Wildman–Crippen MR) is 67.1 cm³/mol. The fraction of sp³-hybridized carbons (Fsp3) is 0.462. The molecule has 1 aromatic heterocycles. The van der Waals surface area contributed by atoms with Gasteiger partial charge in [-0.05, 0) is 25.0 Å². The first-order valence-corrected chi connectivity index (χ1v) is 6.14. The number of carbonyl (C=O) groups excluding carboxylic acids is 1. The monoisotopic (exact) mass is 264 g/mol. The Morgan fingerprint density at radius 2 is 2.32 bits per heavy atom. The average Bonchev–Trinajstić information content (AvgIpc) is 2.90. The normalized spacial score (nSPS) is 18.3. The van der Waals surface area contributed by atoms with Crippen LogP contribution in [0.2, 0.25) is 0 Å². The van der Waals surface area contributed by atoms with E-state index in [4.69, 9.17) is 9.84 Å². The molecule has 1 aromatic rings. The van der Waals surface area contributed by atoms with Gasteiger partial charge in [0.15, 0.2) is 0 Å². The smallest absolute Gasteiger partial charge is 0.337 e. The Bertz CT molecular complexity index is 466. The molecule has 6 nitrogen and oxygen atoms in total. The quantitative estimate of drug-likeness (QED) is 0.878. The SMILES string of the molecule is CN(CC1CCCO1)C(=O)c1ccc(C(=O)O)cn1. The predicted octanol–water partition coefficient (Wildman–Crippen LogP) is 1.03. The van der Waals surface area contributed by atoms with Crippen molar-refractivity contribution in [2.24, 2.45) is 0 Å². The van der Waals surface area contributed by atoms with Crippen LogP contribution in [0.1, 0.15) is 33.7 Å². The van der Waals surface area contributed by atoms with E-state index in [0.29, 0.717) is 6.54 Å². The first kappa shape index (κ1) is 13.5. The molecule has 102 valence electrons. The molecule has 0 aromatic carbocycles. The van der Waals surface area contributed by atoms with Gasteiger partial charge in [-0.2, -0.15) is 0 Å². The van der Waals surface area contributed by atoms with Crippen LogP contribution < -0.4 is 0 Å². The summed E-state index contributed by atoms with van der Waals surface area (Å²) in [6.07, 6.45) is 3.27. The van der Waals surface area contributed by atoms with Crippen LogP contribution in [0.3, 0.4) is 0 Å². The average molecular weight is 264 g/mol. The van der Waals surface area contributed by atoms with Gasteiger partial charge in [-0.1, -0.05) is 0 Å². The lowest BCUT2D eigenvalue weighted by Gasteiger charge is -2.20. The number of aromatic nitrogens is 1. The van der Waals surface area contributed by atoms with Gasteiger partial charge >= 0.3 is 5.97 Å². The molecule has 0 bridgehead atoms. The summed E-state index contributed by atoms with van der Waals surface area (Å²) in [5.41, 5.74) is 0.309. The number of rotatable bonds is 4. The van der Waals surface area contributed by atoms with E-state index >= 15 is 0 Å². The summed E-state index contributed by atoms with van der Waals surface area (Å²) in [7, 11) is 1.69. The van der Waals surface area contributed by atoms with Gasteiger partial charge in [0.1, 0.15) is 5.69 Å². The third-order valence-electron chi connectivity index (χ3n) is 3.08. The lowest BCUT2D eigenvalue weighted by molar-refractivity contribution is 0.0582. The molecule has 1 aliphatic heterocycles. The molecular formula is C13H16N2O4. The van der Waals surface area contributed by atoms with Gasteiger partial charge < -0.3 is 14.7 Å². The van der Waals surface area contributed by atoms with Crippen molar-refractivity contribution < 1.29 is 19.4 Å². The van der Waals surface area contributed by atoms with Crippen molar-refractivity contribution in [2.45, 2.75) is 18.9 Å². The van der Waals surface area contributed by atoms with Gasteiger partial charge in [-0.25, -0.2) is 4.79 Å². The third kappa shape index (κ3) is 3.29. The van der Waals surface area contributed by atoms with Crippen LogP contribution in [0, 0.1) is 0 Å². The summed E-state index contributed by atoms with van der Waals surface area (Å²) in [5.74, 6) is -1.29. The minimum absolute atomic E-state index is 0.0679. The van der Waals surface area contributed by atoms with Crippen molar-refractivity contribution in [1.29, 1.82) is 0 Å². The van der Waals surface area contributed by atoms with Crippen molar-refractivity contribution >= 4 is 11.9 Å². The largest absolute Gasteiger partial charge is 0.478 e. The third-order valence-corrected chi connectivity index (χ3v) is 3.08. The first-order chi connectivity index (χ1) is 9.08. The van der Waals surface area contributed by atoms with E-state index < -0.39 is 5.97 Å². The Kier molecular flexibility index (Phi) is 4.11. The Morgan fingerprint density at radius 3 is 2.84 bits per heavy atom. The topological polar surface area (TPSA) is 79.7 Å². The number of hydrogen-bond donors (Lipinski definition) is 1. The number of hydrogen-bond acceptors (Lipinski definition) is 4. The lowest BCUT2D eigenvalue weighted by Crippen LogP contribution is -2.34. The molecule has 0 radical (unpaired) electrons. The number of likely N-dealkylation sites (N-methyl/N-ethyl adjacent to an activating group) is 1. The van der Waals surface area contributed by atoms with Crippen molar-refractivity contribution in [1.82, 2.24) is 9.88 Å². The highest BCUT2D eigenvalue weighted by atomic mass is 16.5. The summed E-state index contributed by atoms with van der Waals surface area (Å²) in [6, 6.07) is 2.81. The van der Waals surface area contributed by atoms with Gasteiger partial charge in [-0.15, -0.1) is 0 Å². The first-order valence-electron chi connectivity index (χ1n) is 6.14. The number of carbonyl (C=O) groups is 2. The molecule has 1 atom stereocenters. The van der Waals surface area contributed by atoms with Gasteiger partial charge in [0.2, 0.25) is 0 Å². The molecule has 0 spiro atoms. The second kappa shape index (κ2) is 5.79.